The number of para-hydroxylation sites is 3. The molecule has 0 aliphatic rings. The Balaban J connectivity index is 1.77. The number of hydrogen-bond acceptors (Lipinski definition) is 4. The molecule has 0 atom stereocenters. The molecule has 0 aliphatic heterocycles. The first-order valence-corrected chi connectivity index (χ1v) is 7.82. The molecule has 5 heteroatoms. The van der Waals surface area contributed by atoms with Gasteiger partial charge in [0.2, 0.25) is 5.95 Å². The maximum absolute atomic E-state index is 4.68. The highest BCUT2D eigenvalue weighted by atomic mass is 15.1. The second-order valence-electron chi connectivity index (χ2n) is 5.75. The van der Waals surface area contributed by atoms with Crippen LogP contribution in [0.1, 0.15) is 11.4 Å². The Morgan fingerprint density at radius 2 is 1.54 bits per heavy atom. The summed E-state index contributed by atoms with van der Waals surface area (Å²) in [5.41, 5.74) is 5.74. The summed E-state index contributed by atoms with van der Waals surface area (Å²) in [6.45, 7) is 3.93. The molecular formula is C19H17N5. The molecule has 0 amide bonds. The van der Waals surface area contributed by atoms with E-state index >= 15 is 0 Å². The van der Waals surface area contributed by atoms with Gasteiger partial charge in [-0.3, -0.25) is 0 Å². The smallest absolute Gasteiger partial charge is 0.227 e. The maximum atomic E-state index is 4.68. The van der Waals surface area contributed by atoms with Gasteiger partial charge in [0, 0.05) is 17.0 Å². The van der Waals surface area contributed by atoms with Gasteiger partial charge in [-0.05, 0) is 44.2 Å². The lowest BCUT2D eigenvalue weighted by molar-refractivity contribution is 1.06. The van der Waals surface area contributed by atoms with E-state index in [1.165, 1.54) is 0 Å². The number of imidazole rings is 1. The van der Waals surface area contributed by atoms with Crippen LogP contribution >= 0.6 is 0 Å². The molecule has 5 nitrogen and oxygen atoms in total. The number of aromatic nitrogens is 4. The molecule has 24 heavy (non-hydrogen) atoms. The van der Waals surface area contributed by atoms with Gasteiger partial charge >= 0.3 is 0 Å². The van der Waals surface area contributed by atoms with Gasteiger partial charge in [-0.1, -0.05) is 24.3 Å². The zero-order valence-electron chi connectivity index (χ0n) is 13.5. The molecule has 4 rings (SSSR count). The van der Waals surface area contributed by atoms with Crippen molar-refractivity contribution in [2.24, 2.45) is 0 Å². The monoisotopic (exact) mass is 315 g/mol. The van der Waals surface area contributed by atoms with Crippen LogP contribution in [0.15, 0.2) is 54.6 Å². The Morgan fingerprint density at radius 3 is 2.33 bits per heavy atom. The van der Waals surface area contributed by atoms with E-state index in [2.05, 4.69) is 25.3 Å². The van der Waals surface area contributed by atoms with Crippen LogP contribution < -0.4 is 5.32 Å². The molecule has 2 aromatic heterocycles. The molecule has 118 valence electrons. The SMILES string of the molecule is Cc1cc(C)nc(Nc2ccccc2-c2nc3ccccc3[nH]2)n1. The lowest BCUT2D eigenvalue weighted by atomic mass is 10.1. The third-order valence-corrected chi connectivity index (χ3v) is 3.80. The Kier molecular flexibility index (Phi) is 3.46. The molecule has 2 aromatic carbocycles. The van der Waals surface area contributed by atoms with Gasteiger partial charge in [-0.2, -0.15) is 0 Å². The highest BCUT2D eigenvalue weighted by molar-refractivity contribution is 5.83. The van der Waals surface area contributed by atoms with E-state index in [0.717, 1.165) is 39.5 Å². The average molecular weight is 315 g/mol. The van der Waals surface area contributed by atoms with E-state index in [1.807, 2.05) is 68.4 Å². The number of hydrogen-bond donors (Lipinski definition) is 2. The summed E-state index contributed by atoms with van der Waals surface area (Å²) in [5, 5.41) is 3.31. The molecule has 0 radical (unpaired) electrons. The average Bonchev–Trinajstić information content (AvgIpc) is 2.98. The third-order valence-electron chi connectivity index (χ3n) is 3.80. The molecule has 4 aromatic rings. The fourth-order valence-electron chi connectivity index (χ4n) is 2.78. The summed E-state index contributed by atoms with van der Waals surface area (Å²) in [6, 6.07) is 18.0. The zero-order valence-corrected chi connectivity index (χ0v) is 13.5. The molecule has 0 saturated carbocycles. The molecule has 2 heterocycles. The van der Waals surface area contributed by atoms with E-state index in [4.69, 9.17) is 0 Å². The van der Waals surface area contributed by atoms with Gasteiger partial charge < -0.3 is 10.3 Å². The number of nitrogens with one attached hydrogen (secondary N) is 2. The minimum atomic E-state index is 0.594. The summed E-state index contributed by atoms with van der Waals surface area (Å²) in [6.07, 6.45) is 0. The number of nitrogens with zero attached hydrogens (tertiary/aromatic N) is 3. The van der Waals surface area contributed by atoms with Crippen LogP contribution in [0.4, 0.5) is 11.6 Å². The van der Waals surface area contributed by atoms with Crippen LogP contribution in [0, 0.1) is 13.8 Å². The maximum Gasteiger partial charge on any atom is 0.227 e. The number of aromatic amines is 1. The predicted molar refractivity (Wildman–Crippen MR) is 96.3 cm³/mol. The van der Waals surface area contributed by atoms with Gasteiger partial charge in [0.15, 0.2) is 0 Å². The van der Waals surface area contributed by atoms with Gasteiger partial charge in [0.1, 0.15) is 5.82 Å². The molecule has 0 unspecified atom stereocenters. The first kappa shape index (κ1) is 14.4. The van der Waals surface area contributed by atoms with E-state index in [-0.39, 0.29) is 0 Å². The molecule has 0 fully saturated rings. The van der Waals surface area contributed by atoms with E-state index < -0.39 is 0 Å². The van der Waals surface area contributed by atoms with E-state index in [1.54, 1.807) is 0 Å². The summed E-state index contributed by atoms with van der Waals surface area (Å²) in [4.78, 5) is 17.0. The summed E-state index contributed by atoms with van der Waals surface area (Å²) < 4.78 is 0. The van der Waals surface area contributed by atoms with Crippen molar-refractivity contribution >= 4 is 22.7 Å². The lowest BCUT2D eigenvalue weighted by Gasteiger charge is -2.10. The minimum absolute atomic E-state index is 0.594. The number of H-pyrrole nitrogens is 1. The topological polar surface area (TPSA) is 66.5 Å². The Hall–Kier alpha value is -3.21. The van der Waals surface area contributed by atoms with Crippen LogP contribution in [0.25, 0.3) is 22.4 Å². The van der Waals surface area contributed by atoms with Crippen LogP contribution in [0.3, 0.4) is 0 Å². The fourth-order valence-corrected chi connectivity index (χ4v) is 2.78. The van der Waals surface area contributed by atoms with Crippen LogP contribution in [0.2, 0.25) is 0 Å². The van der Waals surface area contributed by atoms with Gasteiger partial charge in [-0.15, -0.1) is 0 Å². The normalized spacial score (nSPS) is 10.9. The summed E-state index contributed by atoms with van der Waals surface area (Å²) in [7, 11) is 0. The van der Waals surface area contributed by atoms with Crippen molar-refractivity contribution in [1.82, 2.24) is 19.9 Å². The molecule has 0 bridgehead atoms. The van der Waals surface area contributed by atoms with E-state index in [9.17, 15) is 0 Å². The largest absolute Gasteiger partial charge is 0.338 e. The highest BCUT2D eigenvalue weighted by Gasteiger charge is 2.10. The molecule has 2 N–H and O–H groups in total. The van der Waals surface area contributed by atoms with Crippen molar-refractivity contribution < 1.29 is 0 Å². The van der Waals surface area contributed by atoms with Crippen molar-refractivity contribution in [2.45, 2.75) is 13.8 Å². The van der Waals surface area contributed by atoms with Gasteiger partial charge in [-0.25, -0.2) is 15.0 Å². The van der Waals surface area contributed by atoms with Crippen molar-refractivity contribution in [3.05, 3.63) is 66.0 Å². The van der Waals surface area contributed by atoms with Crippen molar-refractivity contribution in [3.63, 3.8) is 0 Å². The number of fused-ring (bicyclic) bond motifs is 1. The quantitative estimate of drug-likeness (QED) is 0.589. The second-order valence-corrected chi connectivity index (χ2v) is 5.75. The first-order chi connectivity index (χ1) is 11.7. The van der Waals surface area contributed by atoms with Crippen LogP contribution in [-0.2, 0) is 0 Å². The third kappa shape index (κ3) is 2.72. The fraction of sp³-hybridized carbons (Fsp3) is 0.105. The summed E-state index contributed by atoms with van der Waals surface area (Å²) >= 11 is 0. The van der Waals surface area contributed by atoms with Gasteiger partial charge in [0.05, 0.1) is 16.7 Å². The lowest BCUT2D eigenvalue weighted by Crippen LogP contribution is -2.01. The molecule has 0 saturated heterocycles. The zero-order chi connectivity index (χ0) is 16.5. The predicted octanol–water partition coefficient (Wildman–Crippen LogP) is 4.38. The highest BCUT2D eigenvalue weighted by Crippen LogP contribution is 2.29. The van der Waals surface area contributed by atoms with Gasteiger partial charge in [0.25, 0.3) is 0 Å². The first-order valence-electron chi connectivity index (χ1n) is 7.82. The van der Waals surface area contributed by atoms with Crippen LogP contribution in [-0.4, -0.2) is 19.9 Å². The number of aryl methyl sites for hydroxylation is 2. The number of rotatable bonds is 3. The second kappa shape index (κ2) is 5.77. The standard InChI is InChI=1S/C19H17N5/c1-12-11-13(2)21-19(20-12)24-15-8-4-3-7-14(15)18-22-16-9-5-6-10-17(16)23-18/h3-11H,1-2H3,(H,22,23)(H,20,21,24). The van der Waals surface area contributed by atoms with E-state index in [0.29, 0.717) is 5.95 Å². The number of anilines is 2. The Bertz CT molecular complexity index is 966. The van der Waals surface area contributed by atoms with Crippen LogP contribution in [0.5, 0.6) is 0 Å². The Morgan fingerprint density at radius 1 is 0.833 bits per heavy atom. The van der Waals surface area contributed by atoms with Crippen molar-refractivity contribution in [1.29, 1.82) is 0 Å². The van der Waals surface area contributed by atoms with Crippen molar-refractivity contribution in [2.75, 3.05) is 5.32 Å². The Labute approximate surface area is 139 Å². The minimum Gasteiger partial charge on any atom is -0.338 e. The number of benzene rings is 2. The van der Waals surface area contributed by atoms with Crippen molar-refractivity contribution in [3.8, 4) is 11.4 Å². The molecule has 0 spiro atoms. The molecule has 0 aliphatic carbocycles. The summed E-state index contributed by atoms with van der Waals surface area (Å²) in [5.74, 6) is 1.42. The molecular weight excluding hydrogens is 298 g/mol.